The average molecular weight is 172 g/mol. The van der Waals surface area contributed by atoms with Crippen LogP contribution in [0.4, 0.5) is 5.69 Å². The zero-order chi connectivity index (χ0) is 9.68. The highest BCUT2D eigenvalue weighted by Crippen LogP contribution is 2.15. The minimum Gasteiger partial charge on any atom is -0.381 e. The average Bonchev–Trinajstić information content (AvgIpc) is 2.17. The fraction of sp³-hybridized carbons (Fsp3) is 0.182. The van der Waals surface area contributed by atoms with Crippen molar-refractivity contribution in [3.63, 3.8) is 0 Å². The number of nitrogens with zero attached hydrogens (tertiary/aromatic N) is 1. The van der Waals surface area contributed by atoms with Gasteiger partial charge in [0, 0.05) is 12.2 Å². The summed E-state index contributed by atoms with van der Waals surface area (Å²) in [6, 6.07) is 7.70. The second-order valence-corrected chi connectivity index (χ2v) is 2.81. The Labute approximate surface area is 78.5 Å². The van der Waals surface area contributed by atoms with E-state index in [0.717, 1.165) is 17.8 Å². The number of hydrogen-bond donors (Lipinski definition) is 1. The second kappa shape index (κ2) is 4.32. The van der Waals surface area contributed by atoms with Crippen LogP contribution in [0, 0.1) is 18.3 Å². The smallest absolute Gasteiger partial charge is 0.0992 e. The molecule has 0 atom stereocenters. The van der Waals surface area contributed by atoms with Gasteiger partial charge in [-0.15, -0.1) is 6.58 Å². The van der Waals surface area contributed by atoms with Crippen molar-refractivity contribution in [2.24, 2.45) is 0 Å². The summed E-state index contributed by atoms with van der Waals surface area (Å²) in [5.74, 6) is 0. The minimum absolute atomic E-state index is 0.678. The van der Waals surface area contributed by atoms with Crippen LogP contribution in [-0.4, -0.2) is 6.54 Å². The summed E-state index contributed by atoms with van der Waals surface area (Å²) < 4.78 is 0. The Balaban J connectivity index is 2.91. The van der Waals surface area contributed by atoms with Gasteiger partial charge in [-0.25, -0.2) is 0 Å². The van der Waals surface area contributed by atoms with E-state index in [1.165, 1.54) is 0 Å². The Bertz CT molecular complexity index is 348. The predicted molar refractivity (Wildman–Crippen MR) is 54.6 cm³/mol. The van der Waals surface area contributed by atoms with Gasteiger partial charge in [0.15, 0.2) is 0 Å². The van der Waals surface area contributed by atoms with Crippen LogP contribution in [0.2, 0.25) is 0 Å². The van der Waals surface area contributed by atoms with Crippen molar-refractivity contribution in [1.29, 1.82) is 5.26 Å². The number of benzene rings is 1. The molecule has 66 valence electrons. The van der Waals surface area contributed by atoms with Gasteiger partial charge in [0.2, 0.25) is 0 Å². The van der Waals surface area contributed by atoms with E-state index < -0.39 is 0 Å². The van der Waals surface area contributed by atoms with E-state index in [9.17, 15) is 0 Å². The maximum Gasteiger partial charge on any atom is 0.0992 e. The second-order valence-electron chi connectivity index (χ2n) is 2.81. The van der Waals surface area contributed by atoms with Crippen molar-refractivity contribution in [2.45, 2.75) is 6.92 Å². The highest BCUT2D eigenvalue weighted by atomic mass is 14.9. The topological polar surface area (TPSA) is 35.8 Å². The Kier molecular flexibility index (Phi) is 3.10. The molecule has 0 spiro atoms. The fourth-order valence-corrected chi connectivity index (χ4v) is 1.06. The van der Waals surface area contributed by atoms with Crippen molar-refractivity contribution >= 4 is 5.69 Å². The molecule has 2 nitrogen and oxygen atoms in total. The maximum absolute atomic E-state index is 8.68. The van der Waals surface area contributed by atoms with Crippen LogP contribution < -0.4 is 5.32 Å². The van der Waals surface area contributed by atoms with Gasteiger partial charge < -0.3 is 5.32 Å². The normalized spacial score (nSPS) is 8.92. The molecule has 1 N–H and O–H groups in total. The third-order valence-corrected chi connectivity index (χ3v) is 1.80. The first-order valence-electron chi connectivity index (χ1n) is 4.13. The van der Waals surface area contributed by atoms with E-state index in [1.54, 1.807) is 6.08 Å². The lowest BCUT2D eigenvalue weighted by atomic mass is 10.1. The molecule has 0 aliphatic carbocycles. The minimum atomic E-state index is 0.678. The van der Waals surface area contributed by atoms with E-state index in [-0.39, 0.29) is 0 Å². The van der Waals surface area contributed by atoms with Crippen molar-refractivity contribution in [3.8, 4) is 6.07 Å². The molecule has 0 saturated carbocycles. The highest BCUT2D eigenvalue weighted by Gasteiger charge is 1.97. The van der Waals surface area contributed by atoms with E-state index >= 15 is 0 Å². The largest absolute Gasteiger partial charge is 0.381 e. The first-order chi connectivity index (χ1) is 6.27. The summed E-state index contributed by atoms with van der Waals surface area (Å²) in [5, 5.41) is 11.8. The van der Waals surface area contributed by atoms with Crippen LogP contribution in [0.5, 0.6) is 0 Å². The monoisotopic (exact) mass is 172 g/mol. The fourth-order valence-electron chi connectivity index (χ4n) is 1.06. The summed E-state index contributed by atoms with van der Waals surface area (Å²) >= 11 is 0. The van der Waals surface area contributed by atoms with Gasteiger partial charge in [-0.3, -0.25) is 0 Å². The van der Waals surface area contributed by atoms with Crippen LogP contribution in [0.3, 0.4) is 0 Å². The van der Waals surface area contributed by atoms with Gasteiger partial charge in [0.25, 0.3) is 0 Å². The van der Waals surface area contributed by atoms with Crippen molar-refractivity contribution in [3.05, 3.63) is 42.0 Å². The Morgan fingerprint density at radius 1 is 1.62 bits per heavy atom. The van der Waals surface area contributed by atoms with Gasteiger partial charge >= 0.3 is 0 Å². The van der Waals surface area contributed by atoms with E-state index in [0.29, 0.717) is 5.56 Å². The van der Waals surface area contributed by atoms with E-state index in [2.05, 4.69) is 18.0 Å². The predicted octanol–water partition coefficient (Wildman–Crippen LogP) is 2.46. The molecule has 0 heterocycles. The van der Waals surface area contributed by atoms with Crippen LogP contribution in [-0.2, 0) is 0 Å². The summed E-state index contributed by atoms with van der Waals surface area (Å²) in [5.41, 5.74) is 2.82. The van der Waals surface area contributed by atoms with Gasteiger partial charge in [-0.1, -0.05) is 12.1 Å². The van der Waals surface area contributed by atoms with Crippen LogP contribution in [0.1, 0.15) is 11.1 Å². The van der Waals surface area contributed by atoms with Gasteiger partial charge in [0.05, 0.1) is 11.6 Å². The van der Waals surface area contributed by atoms with E-state index in [1.807, 2.05) is 25.1 Å². The van der Waals surface area contributed by atoms with Crippen molar-refractivity contribution in [1.82, 2.24) is 0 Å². The third-order valence-electron chi connectivity index (χ3n) is 1.80. The molecule has 0 aliphatic heterocycles. The number of nitrogens with one attached hydrogen (secondary N) is 1. The first kappa shape index (κ1) is 9.34. The molecule has 1 aromatic carbocycles. The molecule has 2 heteroatoms. The Morgan fingerprint density at radius 2 is 2.38 bits per heavy atom. The van der Waals surface area contributed by atoms with Gasteiger partial charge in [-0.2, -0.15) is 5.26 Å². The molecular weight excluding hydrogens is 160 g/mol. The summed E-state index contributed by atoms with van der Waals surface area (Å²) in [4.78, 5) is 0. The van der Waals surface area contributed by atoms with Crippen molar-refractivity contribution < 1.29 is 0 Å². The standard InChI is InChI=1S/C11H12N2/c1-3-6-13-11-7-10(8-12)5-4-9(11)2/h3-5,7,13H,1,6H2,2H3. The Hall–Kier alpha value is -1.75. The van der Waals surface area contributed by atoms with Crippen LogP contribution in [0.25, 0.3) is 0 Å². The molecule has 13 heavy (non-hydrogen) atoms. The lowest BCUT2D eigenvalue weighted by Crippen LogP contribution is -1.99. The SMILES string of the molecule is C=CCNc1cc(C#N)ccc1C. The maximum atomic E-state index is 8.68. The molecular formula is C11H12N2. The lowest BCUT2D eigenvalue weighted by Gasteiger charge is -2.06. The van der Waals surface area contributed by atoms with Crippen LogP contribution in [0.15, 0.2) is 30.9 Å². The summed E-state index contributed by atoms with van der Waals surface area (Å²) in [6.07, 6.45) is 1.79. The lowest BCUT2D eigenvalue weighted by molar-refractivity contribution is 1.30. The van der Waals surface area contributed by atoms with Gasteiger partial charge in [0.1, 0.15) is 0 Å². The molecule has 0 aliphatic rings. The number of anilines is 1. The number of aryl methyl sites for hydroxylation is 1. The number of rotatable bonds is 3. The summed E-state index contributed by atoms with van der Waals surface area (Å²) in [7, 11) is 0. The number of hydrogen-bond acceptors (Lipinski definition) is 2. The quantitative estimate of drug-likeness (QED) is 0.711. The van der Waals surface area contributed by atoms with E-state index in [4.69, 9.17) is 5.26 Å². The van der Waals surface area contributed by atoms with Crippen molar-refractivity contribution in [2.75, 3.05) is 11.9 Å². The molecule has 0 amide bonds. The van der Waals surface area contributed by atoms with Crippen LogP contribution >= 0.6 is 0 Å². The zero-order valence-corrected chi connectivity index (χ0v) is 7.67. The molecule has 1 rings (SSSR count). The molecule has 0 bridgehead atoms. The van der Waals surface area contributed by atoms with Gasteiger partial charge in [-0.05, 0) is 24.6 Å². The Morgan fingerprint density at radius 3 is 3.00 bits per heavy atom. The molecule has 0 fully saturated rings. The molecule has 0 radical (unpaired) electrons. The highest BCUT2D eigenvalue weighted by molar-refractivity contribution is 5.55. The first-order valence-corrected chi connectivity index (χ1v) is 4.13. The molecule has 0 unspecified atom stereocenters. The number of nitriles is 1. The molecule has 0 saturated heterocycles. The molecule has 0 aromatic heterocycles. The summed E-state index contributed by atoms with van der Waals surface area (Å²) in [6.45, 7) is 6.34. The molecule has 1 aromatic rings. The third kappa shape index (κ3) is 2.34. The zero-order valence-electron chi connectivity index (χ0n) is 7.67.